The maximum atomic E-state index is 12.4. The molecule has 8 heteroatoms. The minimum Gasteiger partial charge on any atom is -0.423 e. The Hall–Kier alpha value is -3.65. The first-order valence-electron chi connectivity index (χ1n) is 8.36. The van der Waals surface area contributed by atoms with Crippen LogP contribution in [-0.2, 0) is 7.05 Å². The monoisotopic (exact) mass is 393 g/mol. The summed E-state index contributed by atoms with van der Waals surface area (Å²) < 4.78 is 6.84. The number of rotatable bonds is 4. The van der Waals surface area contributed by atoms with Crippen LogP contribution in [0.4, 0.5) is 5.69 Å². The molecule has 0 saturated carbocycles. The molecule has 2 heterocycles. The van der Waals surface area contributed by atoms with Gasteiger partial charge >= 0.3 is 11.7 Å². The van der Waals surface area contributed by atoms with E-state index >= 15 is 0 Å². The molecule has 0 bridgehead atoms. The van der Waals surface area contributed by atoms with Crippen molar-refractivity contribution in [1.29, 1.82) is 0 Å². The van der Waals surface area contributed by atoms with Crippen LogP contribution in [0.5, 0.6) is 5.75 Å². The van der Waals surface area contributed by atoms with Gasteiger partial charge in [0.05, 0.1) is 22.2 Å². The molecule has 140 valence electrons. The maximum absolute atomic E-state index is 12.4. The van der Waals surface area contributed by atoms with E-state index in [4.69, 9.17) is 4.74 Å². The van der Waals surface area contributed by atoms with Gasteiger partial charge in [-0.25, -0.2) is 9.59 Å². The topological polar surface area (TPSA) is 93.2 Å². The molecule has 2 aromatic heterocycles. The largest absolute Gasteiger partial charge is 0.423 e. The number of fused-ring (bicyclic) bond motifs is 1. The second kappa shape index (κ2) is 7.16. The van der Waals surface area contributed by atoms with E-state index in [0.29, 0.717) is 33.6 Å². The molecule has 0 atom stereocenters. The number of benzene rings is 2. The van der Waals surface area contributed by atoms with Gasteiger partial charge in [-0.15, -0.1) is 0 Å². The number of imidazole rings is 1. The highest BCUT2D eigenvalue weighted by Crippen LogP contribution is 2.19. The second-order valence-corrected chi connectivity index (χ2v) is 6.88. The first kappa shape index (κ1) is 17.7. The molecule has 0 aliphatic heterocycles. The number of ether oxygens (including phenoxy) is 1. The van der Waals surface area contributed by atoms with Crippen molar-refractivity contribution in [2.75, 3.05) is 5.32 Å². The van der Waals surface area contributed by atoms with Crippen molar-refractivity contribution in [3.8, 4) is 5.75 Å². The zero-order chi connectivity index (χ0) is 19.7. The molecular weight excluding hydrogens is 378 g/mol. The smallest absolute Gasteiger partial charge is 0.343 e. The summed E-state index contributed by atoms with van der Waals surface area (Å²) in [6.07, 6.45) is 0. The maximum Gasteiger partial charge on any atom is 0.343 e. The summed E-state index contributed by atoms with van der Waals surface area (Å²) >= 11 is 1.45. The van der Waals surface area contributed by atoms with E-state index in [-0.39, 0.29) is 11.6 Å². The number of hydrogen-bond acceptors (Lipinski definition) is 5. The van der Waals surface area contributed by atoms with Gasteiger partial charge in [-0.3, -0.25) is 9.36 Å². The van der Waals surface area contributed by atoms with Crippen molar-refractivity contribution in [3.63, 3.8) is 0 Å². The molecule has 0 aliphatic rings. The summed E-state index contributed by atoms with van der Waals surface area (Å²) in [5.41, 5.74) is 2.53. The van der Waals surface area contributed by atoms with Gasteiger partial charge in [-0.05, 0) is 53.9 Å². The van der Waals surface area contributed by atoms with Crippen LogP contribution in [0.25, 0.3) is 11.0 Å². The van der Waals surface area contributed by atoms with Crippen LogP contribution < -0.4 is 15.7 Å². The number of hydrogen-bond donors (Lipinski definition) is 2. The van der Waals surface area contributed by atoms with Gasteiger partial charge in [0.2, 0.25) is 0 Å². The van der Waals surface area contributed by atoms with Crippen LogP contribution >= 0.6 is 11.3 Å². The standard InChI is InChI=1S/C20H15N3O4S/c1-23-17-7-2-12(10-16(17)22-20(23)26)19(25)27-15-5-3-14(4-6-15)21-18(24)13-8-9-28-11-13/h2-11H,1H3,(H,21,24)(H,22,26). The van der Waals surface area contributed by atoms with Gasteiger partial charge in [0.15, 0.2) is 0 Å². The van der Waals surface area contributed by atoms with Crippen molar-refractivity contribution < 1.29 is 14.3 Å². The molecule has 1 amide bonds. The van der Waals surface area contributed by atoms with Gasteiger partial charge < -0.3 is 15.0 Å². The summed E-state index contributed by atoms with van der Waals surface area (Å²) in [5, 5.41) is 6.37. The van der Waals surface area contributed by atoms with E-state index in [2.05, 4.69) is 10.3 Å². The van der Waals surface area contributed by atoms with Crippen LogP contribution in [0.3, 0.4) is 0 Å². The van der Waals surface area contributed by atoms with E-state index in [0.717, 1.165) is 0 Å². The van der Waals surface area contributed by atoms with E-state index in [1.165, 1.54) is 15.9 Å². The number of anilines is 1. The first-order valence-corrected chi connectivity index (χ1v) is 9.30. The van der Waals surface area contributed by atoms with Crippen LogP contribution in [0.15, 0.2) is 64.1 Å². The quantitative estimate of drug-likeness (QED) is 0.410. The summed E-state index contributed by atoms with van der Waals surface area (Å²) in [4.78, 5) is 38.8. The van der Waals surface area contributed by atoms with Crippen molar-refractivity contribution in [2.24, 2.45) is 7.05 Å². The third-order valence-electron chi connectivity index (χ3n) is 4.25. The average molecular weight is 393 g/mol. The highest BCUT2D eigenvalue weighted by atomic mass is 32.1. The van der Waals surface area contributed by atoms with Gasteiger partial charge in [0.25, 0.3) is 5.91 Å². The Morgan fingerprint density at radius 3 is 2.57 bits per heavy atom. The summed E-state index contributed by atoms with van der Waals surface area (Å²) in [7, 11) is 1.65. The number of aromatic amines is 1. The van der Waals surface area contributed by atoms with Crippen molar-refractivity contribution in [3.05, 3.63) is 80.9 Å². The van der Waals surface area contributed by atoms with Crippen LogP contribution in [-0.4, -0.2) is 21.4 Å². The Morgan fingerprint density at radius 2 is 1.86 bits per heavy atom. The van der Waals surface area contributed by atoms with E-state index in [9.17, 15) is 14.4 Å². The Balaban J connectivity index is 1.46. The zero-order valence-corrected chi connectivity index (χ0v) is 15.6. The summed E-state index contributed by atoms with van der Waals surface area (Å²) in [6.45, 7) is 0. The van der Waals surface area contributed by atoms with Crippen molar-refractivity contribution >= 4 is 39.9 Å². The number of nitrogens with zero attached hydrogens (tertiary/aromatic N) is 1. The molecular formula is C20H15N3O4S. The number of H-pyrrole nitrogens is 1. The molecule has 0 unspecified atom stereocenters. The number of thiophene rings is 1. The number of aryl methyl sites for hydroxylation is 1. The van der Waals surface area contributed by atoms with Crippen molar-refractivity contribution in [2.45, 2.75) is 0 Å². The predicted octanol–water partition coefficient (Wildman–Crippen LogP) is 3.40. The number of amides is 1. The molecule has 4 aromatic rings. The predicted molar refractivity (Wildman–Crippen MR) is 107 cm³/mol. The fourth-order valence-electron chi connectivity index (χ4n) is 2.73. The lowest BCUT2D eigenvalue weighted by atomic mass is 10.2. The Morgan fingerprint density at radius 1 is 1.07 bits per heavy atom. The number of carbonyl (C=O) groups excluding carboxylic acids is 2. The lowest BCUT2D eigenvalue weighted by Crippen LogP contribution is -2.11. The molecule has 7 nitrogen and oxygen atoms in total. The number of carbonyl (C=O) groups is 2. The molecule has 0 saturated heterocycles. The van der Waals surface area contributed by atoms with Crippen LogP contribution in [0.1, 0.15) is 20.7 Å². The Kier molecular flexibility index (Phi) is 4.54. The van der Waals surface area contributed by atoms with Crippen LogP contribution in [0, 0.1) is 0 Å². The molecule has 0 radical (unpaired) electrons. The number of nitrogens with one attached hydrogen (secondary N) is 2. The minimum atomic E-state index is -0.540. The third kappa shape index (κ3) is 3.45. The zero-order valence-electron chi connectivity index (χ0n) is 14.8. The van der Waals surface area contributed by atoms with Crippen molar-refractivity contribution in [1.82, 2.24) is 9.55 Å². The fraction of sp³-hybridized carbons (Fsp3) is 0.0500. The lowest BCUT2D eigenvalue weighted by Gasteiger charge is -2.07. The average Bonchev–Trinajstić information content (AvgIpc) is 3.32. The van der Waals surface area contributed by atoms with Gasteiger partial charge in [0, 0.05) is 18.1 Å². The molecule has 2 N–H and O–H groups in total. The number of esters is 1. The SMILES string of the molecule is Cn1c(=O)[nH]c2cc(C(=O)Oc3ccc(NC(=O)c4ccsc4)cc3)ccc21. The van der Waals surface area contributed by atoms with E-state index in [1.54, 1.807) is 61.0 Å². The molecule has 28 heavy (non-hydrogen) atoms. The second-order valence-electron chi connectivity index (χ2n) is 6.10. The molecule has 0 fully saturated rings. The summed E-state index contributed by atoms with van der Waals surface area (Å²) in [5.74, 6) is -0.391. The molecule has 0 aliphatic carbocycles. The lowest BCUT2D eigenvalue weighted by molar-refractivity contribution is 0.0734. The Bertz CT molecular complexity index is 1220. The minimum absolute atomic E-state index is 0.198. The van der Waals surface area contributed by atoms with E-state index < -0.39 is 5.97 Å². The third-order valence-corrected chi connectivity index (χ3v) is 4.93. The highest BCUT2D eigenvalue weighted by Gasteiger charge is 2.12. The van der Waals surface area contributed by atoms with Gasteiger partial charge in [-0.1, -0.05) is 0 Å². The molecule has 4 rings (SSSR count). The summed E-state index contributed by atoms with van der Waals surface area (Å²) in [6, 6.07) is 13.1. The molecule has 2 aromatic carbocycles. The van der Waals surface area contributed by atoms with E-state index in [1.807, 2.05) is 5.38 Å². The highest BCUT2D eigenvalue weighted by molar-refractivity contribution is 7.08. The van der Waals surface area contributed by atoms with Gasteiger partial charge in [0.1, 0.15) is 5.75 Å². The van der Waals surface area contributed by atoms with Crippen LogP contribution in [0.2, 0.25) is 0 Å². The molecule has 0 spiro atoms. The van der Waals surface area contributed by atoms with Gasteiger partial charge in [-0.2, -0.15) is 11.3 Å². The fourth-order valence-corrected chi connectivity index (χ4v) is 3.37. The normalized spacial score (nSPS) is 10.8. The first-order chi connectivity index (χ1) is 13.5. The Labute approximate surface area is 163 Å². The number of aromatic nitrogens is 2.